The molecule has 0 aliphatic carbocycles. The van der Waals surface area contributed by atoms with Crippen LogP contribution in [0, 0.1) is 13.8 Å². The first kappa shape index (κ1) is 20.2. The predicted octanol–water partition coefficient (Wildman–Crippen LogP) is 5.22. The lowest BCUT2D eigenvalue weighted by atomic mass is 10.1. The zero-order valence-corrected chi connectivity index (χ0v) is 18.3. The van der Waals surface area contributed by atoms with E-state index < -0.39 is 0 Å². The van der Waals surface area contributed by atoms with E-state index in [1.807, 2.05) is 0 Å². The molecular weight excluding hydrogens is 376 g/mol. The Bertz CT molecular complexity index is 929. The van der Waals surface area contributed by atoms with Crippen molar-refractivity contribution in [3.05, 3.63) is 76.6 Å². The van der Waals surface area contributed by atoms with Crippen LogP contribution in [-0.4, -0.2) is 32.8 Å². The van der Waals surface area contributed by atoms with Gasteiger partial charge in [-0.25, -0.2) is 0 Å². The molecule has 0 N–H and O–H groups in total. The topological polar surface area (TPSA) is 34.0 Å². The number of rotatable bonds is 7. The molecule has 0 saturated carbocycles. The Morgan fingerprint density at radius 2 is 1.69 bits per heavy atom. The average molecular weight is 407 g/mol. The summed E-state index contributed by atoms with van der Waals surface area (Å²) in [5, 5.41) is 10.2. The van der Waals surface area contributed by atoms with E-state index in [1.54, 1.807) is 11.8 Å². The Morgan fingerprint density at radius 1 is 0.897 bits per heavy atom. The van der Waals surface area contributed by atoms with Gasteiger partial charge >= 0.3 is 0 Å². The molecule has 1 fully saturated rings. The summed E-state index contributed by atoms with van der Waals surface area (Å²) < 4.78 is 2.32. The van der Waals surface area contributed by atoms with E-state index >= 15 is 0 Å². The number of nitrogens with zero attached hydrogens (tertiary/aromatic N) is 4. The number of benzene rings is 2. The first-order valence-corrected chi connectivity index (χ1v) is 11.5. The summed E-state index contributed by atoms with van der Waals surface area (Å²) in [5.74, 6) is 2.00. The molecule has 1 saturated heterocycles. The average Bonchev–Trinajstić information content (AvgIpc) is 3.11. The number of hydrogen-bond donors (Lipinski definition) is 0. The van der Waals surface area contributed by atoms with Crippen molar-refractivity contribution in [3.8, 4) is 0 Å². The van der Waals surface area contributed by atoms with Crippen molar-refractivity contribution in [3.63, 3.8) is 0 Å². The minimum absolute atomic E-state index is 0.826. The number of aromatic nitrogens is 3. The molecule has 5 heteroatoms. The lowest BCUT2D eigenvalue weighted by molar-refractivity contribution is 0.213. The predicted molar refractivity (Wildman–Crippen MR) is 120 cm³/mol. The molecule has 1 aliphatic heterocycles. The maximum atomic E-state index is 4.61. The fraction of sp³-hybridized carbons (Fsp3) is 0.417. The first-order chi connectivity index (χ1) is 14.2. The molecule has 0 amide bonds. The second-order valence-electron chi connectivity index (χ2n) is 8.03. The Balaban J connectivity index is 1.55. The van der Waals surface area contributed by atoms with Gasteiger partial charge in [0.05, 0.1) is 13.1 Å². The Kier molecular flexibility index (Phi) is 6.67. The maximum Gasteiger partial charge on any atom is 0.191 e. The second-order valence-corrected chi connectivity index (χ2v) is 8.97. The van der Waals surface area contributed by atoms with Crippen LogP contribution in [0.3, 0.4) is 0 Å². The number of aryl methyl sites for hydroxylation is 2. The standard InChI is InChI=1S/C24H30N4S/c1-19-11-12-20(2)22(15-19)18-29-24-26-25-23(17-27-13-7-4-8-14-27)28(24)16-21-9-5-3-6-10-21/h3,5-6,9-12,15H,4,7-8,13-14,16-18H2,1-2H3. The van der Waals surface area contributed by atoms with Gasteiger partial charge in [0, 0.05) is 5.75 Å². The van der Waals surface area contributed by atoms with Crippen molar-refractivity contribution < 1.29 is 0 Å². The molecule has 1 aliphatic rings. The zero-order chi connectivity index (χ0) is 20.1. The molecule has 4 nitrogen and oxygen atoms in total. The van der Waals surface area contributed by atoms with Gasteiger partial charge in [-0.2, -0.15) is 0 Å². The van der Waals surface area contributed by atoms with Gasteiger partial charge in [-0.1, -0.05) is 72.3 Å². The highest BCUT2D eigenvalue weighted by Gasteiger charge is 2.18. The van der Waals surface area contributed by atoms with Crippen LogP contribution in [0.2, 0.25) is 0 Å². The molecule has 0 atom stereocenters. The molecule has 4 rings (SSSR count). The van der Waals surface area contributed by atoms with Gasteiger partial charge in [-0.05, 0) is 56.5 Å². The van der Waals surface area contributed by atoms with Crippen LogP contribution < -0.4 is 0 Å². The smallest absolute Gasteiger partial charge is 0.191 e. The molecular formula is C24H30N4S. The van der Waals surface area contributed by atoms with Crippen LogP contribution >= 0.6 is 11.8 Å². The maximum absolute atomic E-state index is 4.61. The van der Waals surface area contributed by atoms with Crippen molar-refractivity contribution in [2.45, 2.75) is 57.1 Å². The molecule has 0 bridgehead atoms. The third-order valence-corrected chi connectivity index (χ3v) is 6.67. The Morgan fingerprint density at radius 3 is 2.48 bits per heavy atom. The summed E-state index contributed by atoms with van der Waals surface area (Å²) in [7, 11) is 0. The summed E-state index contributed by atoms with van der Waals surface area (Å²) in [6.45, 7) is 8.40. The van der Waals surface area contributed by atoms with Gasteiger partial charge in [0.15, 0.2) is 5.16 Å². The Hall–Kier alpha value is -2.11. The van der Waals surface area contributed by atoms with Crippen LogP contribution in [0.5, 0.6) is 0 Å². The van der Waals surface area contributed by atoms with E-state index in [0.717, 1.165) is 29.8 Å². The molecule has 0 spiro atoms. The first-order valence-electron chi connectivity index (χ1n) is 10.6. The van der Waals surface area contributed by atoms with Gasteiger partial charge in [0.25, 0.3) is 0 Å². The van der Waals surface area contributed by atoms with Gasteiger partial charge in [0.2, 0.25) is 0 Å². The molecule has 152 valence electrons. The van der Waals surface area contributed by atoms with Crippen molar-refractivity contribution in [2.75, 3.05) is 13.1 Å². The van der Waals surface area contributed by atoms with Gasteiger partial charge in [-0.3, -0.25) is 4.90 Å². The minimum Gasteiger partial charge on any atom is -0.300 e. The highest BCUT2D eigenvalue weighted by molar-refractivity contribution is 7.98. The molecule has 2 aromatic carbocycles. The van der Waals surface area contributed by atoms with Crippen LogP contribution in [0.1, 0.15) is 47.3 Å². The lowest BCUT2D eigenvalue weighted by Gasteiger charge is -2.26. The van der Waals surface area contributed by atoms with E-state index in [0.29, 0.717) is 0 Å². The van der Waals surface area contributed by atoms with Gasteiger partial charge in [-0.15, -0.1) is 10.2 Å². The summed E-state index contributed by atoms with van der Waals surface area (Å²) >= 11 is 1.80. The number of thioether (sulfide) groups is 1. The van der Waals surface area contributed by atoms with Crippen molar-refractivity contribution >= 4 is 11.8 Å². The summed E-state index contributed by atoms with van der Waals surface area (Å²) in [6, 6.07) is 17.3. The minimum atomic E-state index is 0.826. The molecule has 0 radical (unpaired) electrons. The highest BCUT2D eigenvalue weighted by atomic mass is 32.2. The third-order valence-electron chi connectivity index (χ3n) is 5.65. The molecule has 3 aromatic rings. The fourth-order valence-electron chi connectivity index (χ4n) is 3.88. The highest BCUT2D eigenvalue weighted by Crippen LogP contribution is 2.26. The lowest BCUT2D eigenvalue weighted by Crippen LogP contribution is -2.30. The Labute approximate surface area is 178 Å². The molecule has 1 aromatic heterocycles. The van der Waals surface area contributed by atoms with Crippen LogP contribution in [0.15, 0.2) is 53.7 Å². The van der Waals surface area contributed by atoms with E-state index in [4.69, 9.17) is 0 Å². The summed E-state index contributed by atoms with van der Waals surface area (Å²) in [6.07, 6.45) is 3.94. The van der Waals surface area contributed by atoms with Crippen molar-refractivity contribution in [1.29, 1.82) is 0 Å². The molecule has 0 unspecified atom stereocenters. The SMILES string of the molecule is Cc1ccc(C)c(CSc2nnc(CN3CCCCC3)n2Cc2ccccc2)c1. The summed E-state index contributed by atoms with van der Waals surface area (Å²) in [4.78, 5) is 2.52. The van der Waals surface area contributed by atoms with Gasteiger partial charge in [0.1, 0.15) is 5.82 Å². The second kappa shape index (κ2) is 9.59. The van der Waals surface area contributed by atoms with E-state index in [9.17, 15) is 0 Å². The van der Waals surface area contributed by atoms with E-state index in [-0.39, 0.29) is 0 Å². The molecule has 2 heterocycles. The van der Waals surface area contributed by atoms with Crippen LogP contribution in [0.4, 0.5) is 0 Å². The quantitative estimate of drug-likeness (QED) is 0.504. The summed E-state index contributed by atoms with van der Waals surface area (Å²) in [5.41, 5.74) is 5.32. The van der Waals surface area contributed by atoms with Gasteiger partial charge < -0.3 is 4.57 Å². The zero-order valence-electron chi connectivity index (χ0n) is 17.5. The number of likely N-dealkylation sites (tertiary alicyclic amines) is 1. The normalized spacial score (nSPS) is 15.0. The van der Waals surface area contributed by atoms with Crippen LogP contribution in [0.25, 0.3) is 0 Å². The van der Waals surface area contributed by atoms with E-state index in [2.05, 4.69) is 82.0 Å². The van der Waals surface area contributed by atoms with Crippen LogP contribution in [-0.2, 0) is 18.8 Å². The van der Waals surface area contributed by atoms with Crippen molar-refractivity contribution in [2.24, 2.45) is 0 Å². The third kappa shape index (κ3) is 5.28. The largest absolute Gasteiger partial charge is 0.300 e. The monoisotopic (exact) mass is 406 g/mol. The number of piperidine rings is 1. The van der Waals surface area contributed by atoms with Crippen molar-refractivity contribution in [1.82, 2.24) is 19.7 Å². The fourth-order valence-corrected chi connectivity index (χ4v) is 4.90. The molecule has 29 heavy (non-hydrogen) atoms. The number of hydrogen-bond acceptors (Lipinski definition) is 4. The van der Waals surface area contributed by atoms with E-state index in [1.165, 1.54) is 54.6 Å².